The maximum absolute atomic E-state index is 11.4. The van der Waals surface area contributed by atoms with E-state index in [0.717, 1.165) is 6.21 Å². The minimum absolute atomic E-state index is 0.00770. The molecule has 0 saturated heterocycles. The lowest BCUT2D eigenvalue weighted by molar-refractivity contribution is -0.131. The van der Waals surface area contributed by atoms with Crippen molar-refractivity contribution >= 4 is 22.2 Å². The Bertz CT molecular complexity index is 687. The first-order chi connectivity index (χ1) is 9.44. The number of hydrogen-bond acceptors (Lipinski definition) is 5. The second kappa shape index (κ2) is 5.33. The van der Waals surface area contributed by atoms with Crippen molar-refractivity contribution in [1.29, 1.82) is 0 Å². The Kier molecular flexibility index (Phi) is 3.75. The monoisotopic (exact) mass is 297 g/mol. The summed E-state index contributed by atoms with van der Waals surface area (Å²) in [4.78, 5) is 10.2. The largest absolute Gasteiger partial charge is 0.497 e. The van der Waals surface area contributed by atoms with Gasteiger partial charge < -0.3 is 14.6 Å². The van der Waals surface area contributed by atoms with Crippen LogP contribution in [0.2, 0.25) is 0 Å². The number of benzene rings is 1. The molecule has 7 nitrogen and oxygen atoms in total. The first-order valence-corrected chi connectivity index (χ1v) is 6.91. The molecule has 1 aromatic carbocycles. The Hall–Kier alpha value is -2.35. The molecule has 0 aliphatic carbocycles. The van der Waals surface area contributed by atoms with Gasteiger partial charge in [0.15, 0.2) is 4.91 Å². The molecule has 1 aliphatic heterocycles. The summed E-state index contributed by atoms with van der Waals surface area (Å²) in [6.07, 6.45) is 0.988. The topological polar surface area (TPSA) is 102 Å². The number of aliphatic carboxylic acids is 1. The SMILES string of the molecule is COc1ccc(OCC2=C(C(=O)O)S(=O)(=O)N=C2)cc1. The lowest BCUT2D eigenvalue weighted by atomic mass is 10.3. The summed E-state index contributed by atoms with van der Waals surface area (Å²) in [5.41, 5.74) is 0.00770. The first-order valence-electron chi connectivity index (χ1n) is 5.47. The van der Waals surface area contributed by atoms with Crippen LogP contribution in [0.3, 0.4) is 0 Å². The second-order valence-electron chi connectivity index (χ2n) is 3.83. The molecule has 8 heteroatoms. The average molecular weight is 297 g/mol. The van der Waals surface area contributed by atoms with E-state index >= 15 is 0 Å². The molecule has 0 radical (unpaired) electrons. The van der Waals surface area contributed by atoms with Crippen LogP contribution in [0.4, 0.5) is 0 Å². The highest BCUT2D eigenvalue weighted by Gasteiger charge is 2.32. The van der Waals surface area contributed by atoms with E-state index in [1.807, 2.05) is 0 Å². The molecule has 0 saturated carbocycles. The van der Waals surface area contributed by atoms with E-state index in [1.165, 1.54) is 7.11 Å². The molecule has 0 amide bonds. The number of hydrogen-bond donors (Lipinski definition) is 1. The number of sulfonamides is 1. The number of carbonyl (C=O) groups is 1. The summed E-state index contributed by atoms with van der Waals surface area (Å²) in [7, 11) is -2.57. The number of nitrogens with zero attached hydrogens (tertiary/aromatic N) is 1. The Morgan fingerprint density at radius 1 is 1.25 bits per heavy atom. The molecule has 20 heavy (non-hydrogen) atoms. The molecule has 0 fully saturated rings. The van der Waals surface area contributed by atoms with Gasteiger partial charge in [-0.05, 0) is 24.3 Å². The second-order valence-corrected chi connectivity index (χ2v) is 5.40. The molecule has 106 valence electrons. The lowest BCUT2D eigenvalue weighted by Gasteiger charge is -2.07. The third-order valence-electron chi connectivity index (χ3n) is 2.54. The molecule has 1 aromatic rings. The summed E-state index contributed by atoms with van der Waals surface area (Å²) in [6, 6.07) is 6.59. The van der Waals surface area contributed by atoms with Crippen LogP contribution >= 0.6 is 0 Å². The molecule has 0 atom stereocenters. The fourth-order valence-electron chi connectivity index (χ4n) is 1.59. The van der Waals surface area contributed by atoms with Crippen LogP contribution in [-0.4, -0.2) is 39.4 Å². The van der Waals surface area contributed by atoms with Crippen molar-refractivity contribution in [3.8, 4) is 11.5 Å². The smallest absolute Gasteiger partial charge is 0.349 e. The van der Waals surface area contributed by atoms with Crippen molar-refractivity contribution in [1.82, 2.24) is 0 Å². The van der Waals surface area contributed by atoms with E-state index in [1.54, 1.807) is 24.3 Å². The molecule has 1 heterocycles. The van der Waals surface area contributed by atoms with Crippen molar-refractivity contribution in [2.75, 3.05) is 13.7 Å². The third kappa shape index (κ3) is 2.80. The van der Waals surface area contributed by atoms with E-state index in [9.17, 15) is 13.2 Å². The Balaban J connectivity index is 2.15. The van der Waals surface area contributed by atoms with Gasteiger partial charge in [-0.3, -0.25) is 0 Å². The minimum atomic E-state index is -4.10. The van der Waals surface area contributed by atoms with Gasteiger partial charge in [0.2, 0.25) is 0 Å². The van der Waals surface area contributed by atoms with Crippen LogP contribution in [0.1, 0.15) is 0 Å². The number of ether oxygens (including phenoxy) is 2. The summed E-state index contributed by atoms with van der Waals surface area (Å²) in [5, 5.41) is 8.90. The third-order valence-corrected chi connectivity index (χ3v) is 3.88. The van der Waals surface area contributed by atoms with Crippen LogP contribution in [0.5, 0.6) is 11.5 Å². The van der Waals surface area contributed by atoms with E-state index in [2.05, 4.69) is 4.40 Å². The number of rotatable bonds is 5. The number of methoxy groups -OCH3 is 1. The summed E-state index contributed by atoms with van der Waals surface area (Å²) < 4.78 is 36.3. The number of carboxylic acids is 1. The van der Waals surface area contributed by atoms with E-state index in [-0.39, 0.29) is 12.2 Å². The predicted octanol–water partition coefficient (Wildman–Crippen LogP) is 0.827. The molecule has 0 bridgehead atoms. The Morgan fingerprint density at radius 3 is 2.40 bits per heavy atom. The highest BCUT2D eigenvalue weighted by Crippen LogP contribution is 2.22. The zero-order chi connectivity index (χ0) is 14.8. The molecule has 0 spiro atoms. The normalized spacial score (nSPS) is 16.2. The van der Waals surface area contributed by atoms with Crippen LogP contribution in [0, 0.1) is 0 Å². The molecule has 1 aliphatic rings. The maximum atomic E-state index is 11.4. The quantitative estimate of drug-likeness (QED) is 0.863. The Morgan fingerprint density at radius 2 is 1.85 bits per heavy atom. The van der Waals surface area contributed by atoms with Crippen LogP contribution in [0.15, 0.2) is 39.1 Å². The van der Waals surface area contributed by atoms with E-state index < -0.39 is 20.9 Å². The Labute approximate surface area is 115 Å². The molecular weight excluding hydrogens is 286 g/mol. The summed E-state index contributed by atoms with van der Waals surface area (Å²) in [5.74, 6) is -0.440. The molecular formula is C12H11NO6S. The van der Waals surface area contributed by atoms with E-state index in [4.69, 9.17) is 14.6 Å². The predicted molar refractivity (Wildman–Crippen MR) is 70.6 cm³/mol. The average Bonchev–Trinajstić information content (AvgIpc) is 2.72. The summed E-state index contributed by atoms with van der Waals surface area (Å²) in [6.45, 7) is -0.198. The number of carboxylic acid groups (broad SMARTS) is 1. The first kappa shape index (κ1) is 14.1. The van der Waals surface area contributed by atoms with Gasteiger partial charge in [-0.2, -0.15) is 12.8 Å². The highest BCUT2D eigenvalue weighted by atomic mass is 32.2. The van der Waals surface area contributed by atoms with Crippen LogP contribution in [0.25, 0.3) is 0 Å². The standard InChI is InChI=1S/C12H11NO6S/c1-18-9-2-4-10(5-3-9)19-7-8-6-13-20(16,17)11(8)12(14)15/h2-6H,7H2,1H3,(H,14,15). The van der Waals surface area contributed by atoms with Gasteiger partial charge in [0.25, 0.3) is 10.0 Å². The van der Waals surface area contributed by atoms with Crippen molar-refractivity contribution in [2.45, 2.75) is 0 Å². The van der Waals surface area contributed by atoms with Gasteiger partial charge in [0.05, 0.1) is 7.11 Å². The van der Waals surface area contributed by atoms with E-state index in [0.29, 0.717) is 11.5 Å². The molecule has 0 unspecified atom stereocenters. The van der Waals surface area contributed by atoms with Gasteiger partial charge in [0, 0.05) is 11.8 Å². The van der Waals surface area contributed by atoms with Crippen LogP contribution in [-0.2, 0) is 14.8 Å². The lowest BCUT2D eigenvalue weighted by Crippen LogP contribution is -2.12. The molecule has 1 N–H and O–H groups in total. The van der Waals surface area contributed by atoms with Crippen molar-refractivity contribution in [2.24, 2.45) is 4.40 Å². The summed E-state index contributed by atoms with van der Waals surface area (Å²) >= 11 is 0. The molecule has 0 aromatic heterocycles. The van der Waals surface area contributed by atoms with Gasteiger partial charge in [-0.15, -0.1) is 0 Å². The van der Waals surface area contributed by atoms with Gasteiger partial charge >= 0.3 is 5.97 Å². The highest BCUT2D eigenvalue weighted by molar-refractivity contribution is 7.95. The van der Waals surface area contributed by atoms with Crippen LogP contribution < -0.4 is 9.47 Å². The fraction of sp³-hybridized carbons (Fsp3) is 0.167. The minimum Gasteiger partial charge on any atom is -0.497 e. The maximum Gasteiger partial charge on any atom is 0.349 e. The van der Waals surface area contributed by atoms with Gasteiger partial charge in [-0.25, -0.2) is 4.79 Å². The van der Waals surface area contributed by atoms with Crippen molar-refractivity contribution in [3.05, 3.63) is 34.7 Å². The molecule has 2 rings (SSSR count). The fourth-order valence-corrected chi connectivity index (χ4v) is 2.63. The van der Waals surface area contributed by atoms with Crippen molar-refractivity contribution < 1.29 is 27.8 Å². The van der Waals surface area contributed by atoms with Crippen molar-refractivity contribution in [3.63, 3.8) is 0 Å². The zero-order valence-corrected chi connectivity index (χ0v) is 11.3. The zero-order valence-electron chi connectivity index (χ0n) is 10.4. The van der Waals surface area contributed by atoms with Gasteiger partial charge in [0.1, 0.15) is 18.1 Å². The van der Waals surface area contributed by atoms with Gasteiger partial charge in [-0.1, -0.05) is 0 Å².